The van der Waals surface area contributed by atoms with E-state index in [-0.39, 0.29) is 16.8 Å². The van der Waals surface area contributed by atoms with Crippen LogP contribution in [0, 0.1) is 0 Å². The van der Waals surface area contributed by atoms with E-state index in [9.17, 15) is 19.5 Å². The molecule has 0 saturated heterocycles. The molecule has 1 amide bonds. The Kier molecular flexibility index (Phi) is 4.51. The zero-order valence-electron chi connectivity index (χ0n) is 13.7. The Labute approximate surface area is 142 Å². The molecule has 25 heavy (non-hydrogen) atoms. The number of aromatic amines is 1. The molecule has 0 fully saturated rings. The van der Waals surface area contributed by atoms with E-state index in [1.807, 2.05) is 6.92 Å². The number of benzene rings is 1. The second-order valence-corrected chi connectivity index (χ2v) is 5.80. The van der Waals surface area contributed by atoms with Gasteiger partial charge in [0.05, 0.1) is 17.1 Å². The number of para-hydroxylation sites is 1. The molecule has 1 unspecified atom stereocenters. The average Bonchev–Trinajstić information content (AvgIpc) is 3.02. The number of nitrogens with zero attached hydrogens (tertiary/aromatic N) is 2. The number of aliphatic carboxylic acids is 1. The lowest BCUT2D eigenvalue weighted by Gasteiger charge is -2.13. The molecule has 3 rings (SSSR count). The monoisotopic (exact) mass is 342 g/mol. The van der Waals surface area contributed by atoms with Crippen molar-refractivity contribution >= 4 is 28.4 Å². The van der Waals surface area contributed by atoms with Gasteiger partial charge in [-0.05, 0) is 18.6 Å². The molecule has 0 aliphatic rings. The van der Waals surface area contributed by atoms with Crippen molar-refractivity contribution in [2.75, 3.05) is 0 Å². The number of carboxylic acid groups (broad SMARTS) is 1. The number of carboxylic acids is 1. The Balaban J connectivity index is 2.00. The molecule has 2 heterocycles. The van der Waals surface area contributed by atoms with Gasteiger partial charge in [-0.1, -0.05) is 31.9 Å². The fourth-order valence-electron chi connectivity index (χ4n) is 2.74. The van der Waals surface area contributed by atoms with Crippen molar-refractivity contribution in [1.82, 2.24) is 19.9 Å². The molecule has 0 radical (unpaired) electrons. The molecule has 1 atom stereocenters. The molecule has 1 aromatic carbocycles. The van der Waals surface area contributed by atoms with Crippen molar-refractivity contribution in [3.63, 3.8) is 0 Å². The summed E-state index contributed by atoms with van der Waals surface area (Å²) in [6, 6.07) is 5.93. The maximum absolute atomic E-state index is 12.5. The maximum Gasteiger partial charge on any atom is 0.326 e. The first-order valence-electron chi connectivity index (χ1n) is 8.05. The fraction of sp³-hybridized carbons (Fsp3) is 0.294. The van der Waals surface area contributed by atoms with Gasteiger partial charge in [0.25, 0.3) is 11.5 Å². The maximum atomic E-state index is 12.5. The van der Waals surface area contributed by atoms with Crippen LogP contribution in [0.4, 0.5) is 0 Å². The van der Waals surface area contributed by atoms with Crippen LogP contribution in [-0.4, -0.2) is 37.6 Å². The number of hydrogen-bond acceptors (Lipinski definition) is 4. The summed E-state index contributed by atoms with van der Waals surface area (Å²) in [6.45, 7) is 1.95. The van der Waals surface area contributed by atoms with Gasteiger partial charge in [-0.15, -0.1) is 0 Å². The second kappa shape index (κ2) is 6.76. The molecular weight excluding hydrogens is 324 g/mol. The number of hydrogen-bond donors (Lipinski definition) is 3. The van der Waals surface area contributed by atoms with Crippen molar-refractivity contribution in [2.24, 2.45) is 0 Å². The predicted octanol–water partition coefficient (Wildman–Crippen LogP) is 1.55. The molecule has 0 bridgehead atoms. The van der Waals surface area contributed by atoms with Crippen LogP contribution in [0.2, 0.25) is 0 Å². The highest BCUT2D eigenvalue weighted by Gasteiger charge is 2.23. The number of amides is 1. The molecule has 3 N–H and O–H groups in total. The first kappa shape index (κ1) is 16.7. The number of H-pyrrole nitrogens is 1. The molecule has 0 aliphatic carbocycles. The van der Waals surface area contributed by atoms with Gasteiger partial charge in [0.15, 0.2) is 0 Å². The first-order chi connectivity index (χ1) is 12.0. The molecule has 8 nitrogen and oxygen atoms in total. The highest BCUT2D eigenvalue weighted by atomic mass is 16.4. The van der Waals surface area contributed by atoms with E-state index >= 15 is 0 Å². The number of carbonyl (C=O) groups is 2. The minimum Gasteiger partial charge on any atom is -0.480 e. The van der Waals surface area contributed by atoms with Gasteiger partial charge in [0.1, 0.15) is 17.3 Å². The highest BCUT2D eigenvalue weighted by Crippen LogP contribution is 2.14. The summed E-state index contributed by atoms with van der Waals surface area (Å²) in [6.07, 6.45) is 3.19. The summed E-state index contributed by atoms with van der Waals surface area (Å²) in [5.74, 6) is -1.67. The number of carbonyl (C=O) groups excluding carboxylic acids is 1. The van der Waals surface area contributed by atoms with Crippen LogP contribution in [0.15, 0.2) is 35.3 Å². The Morgan fingerprint density at radius 3 is 2.84 bits per heavy atom. The van der Waals surface area contributed by atoms with E-state index in [1.54, 1.807) is 24.3 Å². The largest absolute Gasteiger partial charge is 0.480 e. The van der Waals surface area contributed by atoms with E-state index in [1.165, 1.54) is 10.7 Å². The van der Waals surface area contributed by atoms with Crippen LogP contribution in [-0.2, 0) is 4.79 Å². The lowest BCUT2D eigenvalue weighted by Crippen LogP contribution is -2.40. The van der Waals surface area contributed by atoms with E-state index in [0.717, 1.165) is 6.42 Å². The third-order valence-corrected chi connectivity index (χ3v) is 4.07. The van der Waals surface area contributed by atoms with Crippen molar-refractivity contribution in [2.45, 2.75) is 32.2 Å². The predicted molar refractivity (Wildman–Crippen MR) is 91.7 cm³/mol. The van der Waals surface area contributed by atoms with Crippen LogP contribution in [0.1, 0.15) is 36.5 Å². The minimum absolute atomic E-state index is 0.130. The number of nitrogens with one attached hydrogen (secondary N) is 2. The Hall–Kier alpha value is -3.16. The van der Waals surface area contributed by atoms with Crippen LogP contribution in [0.3, 0.4) is 0 Å². The summed E-state index contributed by atoms with van der Waals surface area (Å²) < 4.78 is 1.47. The van der Waals surface area contributed by atoms with Gasteiger partial charge in [0, 0.05) is 0 Å². The van der Waals surface area contributed by atoms with Crippen LogP contribution < -0.4 is 10.9 Å². The number of unbranched alkanes of at least 4 members (excludes halogenated alkanes) is 1. The number of fused-ring (bicyclic) bond motifs is 3. The second-order valence-electron chi connectivity index (χ2n) is 5.80. The lowest BCUT2D eigenvalue weighted by molar-refractivity contribution is -0.139. The Morgan fingerprint density at radius 2 is 2.12 bits per heavy atom. The van der Waals surface area contributed by atoms with E-state index in [0.29, 0.717) is 23.7 Å². The number of aromatic nitrogens is 3. The summed E-state index contributed by atoms with van der Waals surface area (Å²) in [4.78, 5) is 38.7. The van der Waals surface area contributed by atoms with Gasteiger partial charge in [-0.3, -0.25) is 9.59 Å². The molecule has 0 aliphatic heterocycles. The van der Waals surface area contributed by atoms with Crippen molar-refractivity contribution in [3.05, 3.63) is 46.4 Å². The number of rotatable bonds is 6. The van der Waals surface area contributed by atoms with Crippen LogP contribution >= 0.6 is 0 Å². The molecule has 0 spiro atoms. The molecular formula is C17H18N4O4. The molecule has 130 valence electrons. The molecule has 2 aromatic heterocycles. The topological polar surface area (TPSA) is 117 Å². The van der Waals surface area contributed by atoms with Gasteiger partial charge in [-0.2, -0.15) is 5.10 Å². The third kappa shape index (κ3) is 3.10. The standard InChI is InChI=1S/C17H18N4O4/c1-2-3-7-12(17(24)25)19-16(23)11-9-18-21-13-8-5-4-6-10(13)15(22)20-14(11)21/h4-6,8-9,12H,2-3,7H2,1H3,(H,19,23)(H,20,22)(H,24,25). The van der Waals surface area contributed by atoms with E-state index in [2.05, 4.69) is 15.4 Å². The highest BCUT2D eigenvalue weighted by molar-refractivity contribution is 6.02. The van der Waals surface area contributed by atoms with Crippen LogP contribution in [0.5, 0.6) is 0 Å². The smallest absolute Gasteiger partial charge is 0.326 e. The zero-order valence-corrected chi connectivity index (χ0v) is 13.7. The first-order valence-corrected chi connectivity index (χ1v) is 8.05. The minimum atomic E-state index is -1.09. The summed E-state index contributed by atoms with van der Waals surface area (Å²) >= 11 is 0. The Morgan fingerprint density at radius 1 is 1.36 bits per heavy atom. The van der Waals surface area contributed by atoms with Crippen LogP contribution in [0.25, 0.3) is 16.6 Å². The molecule has 3 aromatic rings. The van der Waals surface area contributed by atoms with Gasteiger partial charge >= 0.3 is 5.97 Å². The summed E-state index contributed by atoms with van der Waals surface area (Å²) in [7, 11) is 0. The van der Waals surface area contributed by atoms with Gasteiger partial charge < -0.3 is 15.4 Å². The normalized spacial score (nSPS) is 12.4. The zero-order chi connectivity index (χ0) is 18.0. The summed E-state index contributed by atoms with van der Waals surface area (Å²) in [5.41, 5.74) is 0.603. The van der Waals surface area contributed by atoms with Gasteiger partial charge in [-0.25, -0.2) is 9.31 Å². The summed E-state index contributed by atoms with van der Waals surface area (Å²) in [5, 5.41) is 16.4. The SMILES string of the molecule is CCCCC(NC(=O)c1cnn2c1[nH]c(=O)c1ccccc12)C(=O)O. The van der Waals surface area contributed by atoms with Crippen molar-refractivity contribution < 1.29 is 14.7 Å². The van der Waals surface area contributed by atoms with E-state index in [4.69, 9.17) is 0 Å². The average molecular weight is 342 g/mol. The third-order valence-electron chi connectivity index (χ3n) is 4.07. The molecule has 8 heteroatoms. The lowest BCUT2D eigenvalue weighted by atomic mass is 10.1. The quantitative estimate of drug-likeness (QED) is 0.628. The molecule has 0 saturated carbocycles. The van der Waals surface area contributed by atoms with E-state index < -0.39 is 17.9 Å². The van der Waals surface area contributed by atoms with Gasteiger partial charge in [0.2, 0.25) is 0 Å². The van der Waals surface area contributed by atoms with Crippen molar-refractivity contribution in [1.29, 1.82) is 0 Å². The fourth-order valence-corrected chi connectivity index (χ4v) is 2.74. The Bertz CT molecular complexity index is 1000. The van der Waals surface area contributed by atoms with Crippen molar-refractivity contribution in [3.8, 4) is 0 Å².